The molecule has 2 aromatic rings. The lowest BCUT2D eigenvalue weighted by Gasteiger charge is -2.10. The van der Waals surface area contributed by atoms with E-state index in [4.69, 9.17) is 9.41 Å². The molecule has 0 aliphatic heterocycles. The highest BCUT2D eigenvalue weighted by atomic mass is 16.3. The Morgan fingerprint density at radius 1 is 0.556 bits per heavy atom. The van der Waals surface area contributed by atoms with Crippen LogP contribution in [-0.4, -0.2) is 6.21 Å². The molecule has 256 valence electrons. The van der Waals surface area contributed by atoms with Crippen LogP contribution in [0.1, 0.15) is 207 Å². The number of rotatable bonds is 29. The van der Waals surface area contributed by atoms with E-state index in [9.17, 15) is 0 Å². The number of furan rings is 1. The Balaban J connectivity index is 1.37. The maximum atomic E-state index is 5.62. The summed E-state index contributed by atoms with van der Waals surface area (Å²) in [6, 6.07) is 4.44. The molecule has 2 rings (SSSR count). The van der Waals surface area contributed by atoms with Gasteiger partial charge < -0.3 is 4.42 Å². The minimum absolute atomic E-state index is 0.292. The molecule has 0 amide bonds. The third-order valence-corrected chi connectivity index (χ3v) is 10.3. The fourth-order valence-electron chi connectivity index (χ4n) is 6.79. The highest BCUT2D eigenvalue weighted by Crippen LogP contribution is 2.23. The summed E-state index contributed by atoms with van der Waals surface area (Å²) in [5, 5.41) is 0. The molecule has 0 aliphatic carbocycles. The van der Waals surface area contributed by atoms with Gasteiger partial charge in [0.1, 0.15) is 0 Å². The van der Waals surface area contributed by atoms with Crippen molar-refractivity contribution in [2.75, 3.05) is 0 Å². The number of aryl methyl sites for hydroxylation is 2. The first-order chi connectivity index (χ1) is 22.0. The predicted molar refractivity (Wildman–Crippen MR) is 200 cm³/mol. The second kappa shape index (κ2) is 26.3. The molecular formula is C43H73NO. The third-order valence-electron chi connectivity index (χ3n) is 10.3. The van der Waals surface area contributed by atoms with Gasteiger partial charge in [0.05, 0.1) is 19.1 Å². The molecule has 0 spiro atoms. The first-order valence-corrected chi connectivity index (χ1v) is 19.6. The zero-order valence-electron chi connectivity index (χ0n) is 30.7. The van der Waals surface area contributed by atoms with Gasteiger partial charge in [-0.1, -0.05) is 174 Å². The third kappa shape index (κ3) is 18.2. The first-order valence-electron chi connectivity index (χ1n) is 19.6. The van der Waals surface area contributed by atoms with Gasteiger partial charge in [-0.15, -0.1) is 0 Å². The first kappa shape index (κ1) is 39.3. The van der Waals surface area contributed by atoms with Crippen LogP contribution in [-0.2, 0) is 13.0 Å². The van der Waals surface area contributed by atoms with Crippen LogP contribution in [0.2, 0.25) is 0 Å². The van der Waals surface area contributed by atoms with Gasteiger partial charge in [-0.2, -0.15) is 0 Å². The SMILES string of the molecule is CCCCCCCCCCCCCCCCCCCCCCCCCCc1cocc1C(C)C=NCc1ccc(C)c(C)c1C. The van der Waals surface area contributed by atoms with E-state index in [0.717, 1.165) is 13.0 Å². The van der Waals surface area contributed by atoms with Crippen LogP contribution in [0.25, 0.3) is 0 Å². The Hall–Kier alpha value is -1.83. The van der Waals surface area contributed by atoms with E-state index in [0.29, 0.717) is 5.92 Å². The minimum atomic E-state index is 0.292. The van der Waals surface area contributed by atoms with Gasteiger partial charge in [-0.05, 0) is 61.4 Å². The van der Waals surface area contributed by atoms with Gasteiger partial charge in [-0.25, -0.2) is 0 Å². The fraction of sp³-hybridized carbons (Fsp3) is 0.744. The molecule has 1 unspecified atom stereocenters. The molecule has 1 heterocycles. The van der Waals surface area contributed by atoms with Crippen molar-refractivity contribution in [1.29, 1.82) is 0 Å². The lowest BCUT2D eigenvalue weighted by Crippen LogP contribution is -1.99. The van der Waals surface area contributed by atoms with Gasteiger partial charge in [0.25, 0.3) is 0 Å². The van der Waals surface area contributed by atoms with Crippen molar-refractivity contribution in [2.24, 2.45) is 4.99 Å². The summed E-state index contributed by atoms with van der Waals surface area (Å²) in [5.41, 5.74) is 8.13. The van der Waals surface area contributed by atoms with Crippen molar-refractivity contribution in [3.05, 3.63) is 58.0 Å². The molecular weight excluding hydrogens is 546 g/mol. The molecule has 0 bridgehead atoms. The largest absolute Gasteiger partial charge is 0.472 e. The number of hydrogen-bond acceptors (Lipinski definition) is 2. The molecule has 0 saturated heterocycles. The Morgan fingerprint density at radius 2 is 1.00 bits per heavy atom. The van der Waals surface area contributed by atoms with Crippen LogP contribution in [0.15, 0.2) is 34.1 Å². The maximum absolute atomic E-state index is 5.62. The smallest absolute Gasteiger partial charge is 0.0943 e. The van der Waals surface area contributed by atoms with E-state index in [1.807, 2.05) is 12.5 Å². The van der Waals surface area contributed by atoms with E-state index >= 15 is 0 Å². The molecule has 1 aromatic heterocycles. The average molecular weight is 620 g/mol. The number of unbranched alkanes of at least 4 members (excludes halogenated alkanes) is 23. The second-order valence-electron chi connectivity index (χ2n) is 14.3. The van der Waals surface area contributed by atoms with Crippen LogP contribution < -0.4 is 0 Å². The Labute approximate surface area is 280 Å². The van der Waals surface area contributed by atoms with Gasteiger partial charge in [0, 0.05) is 17.7 Å². The van der Waals surface area contributed by atoms with Gasteiger partial charge in [0.2, 0.25) is 0 Å². The van der Waals surface area contributed by atoms with Crippen molar-refractivity contribution in [3.63, 3.8) is 0 Å². The maximum Gasteiger partial charge on any atom is 0.0943 e. The number of aliphatic imine (C=N–C) groups is 1. The Morgan fingerprint density at radius 3 is 1.47 bits per heavy atom. The highest BCUT2D eigenvalue weighted by Gasteiger charge is 2.11. The van der Waals surface area contributed by atoms with E-state index < -0.39 is 0 Å². The van der Waals surface area contributed by atoms with E-state index in [1.165, 1.54) is 187 Å². The van der Waals surface area contributed by atoms with Crippen LogP contribution in [0.3, 0.4) is 0 Å². The molecule has 0 N–H and O–H groups in total. The summed E-state index contributed by atoms with van der Waals surface area (Å²) >= 11 is 0. The summed E-state index contributed by atoms with van der Waals surface area (Å²) in [5.74, 6) is 0.292. The molecule has 0 saturated carbocycles. The van der Waals surface area contributed by atoms with Crippen molar-refractivity contribution < 1.29 is 4.42 Å². The Kier molecular flexibility index (Phi) is 23.0. The minimum Gasteiger partial charge on any atom is -0.472 e. The van der Waals surface area contributed by atoms with Crippen LogP contribution in [0.5, 0.6) is 0 Å². The molecule has 2 nitrogen and oxygen atoms in total. The zero-order valence-corrected chi connectivity index (χ0v) is 30.7. The van der Waals surface area contributed by atoms with Crippen molar-refractivity contribution >= 4 is 6.21 Å². The number of hydrogen-bond donors (Lipinski definition) is 0. The molecule has 0 aliphatic rings. The summed E-state index contributed by atoms with van der Waals surface area (Å²) in [6.07, 6.45) is 41.6. The number of benzene rings is 1. The molecule has 0 fully saturated rings. The predicted octanol–water partition coefficient (Wildman–Crippen LogP) is 14.5. The van der Waals surface area contributed by atoms with Crippen LogP contribution in [0, 0.1) is 20.8 Å². The summed E-state index contributed by atoms with van der Waals surface area (Å²) in [6.45, 7) is 11.9. The molecule has 0 radical (unpaired) electrons. The second-order valence-corrected chi connectivity index (χ2v) is 14.3. The Bertz CT molecular complexity index is 1000. The standard InChI is InChI=1S/C43H73NO/c1-6-7-8-9-10-11-12-13-14-15-16-17-18-19-20-21-22-23-24-25-26-27-28-29-30-42-35-45-36-43(42)38(3)33-44-34-41-32-31-37(2)39(4)40(41)5/h31-33,35-36,38H,6-30,34H2,1-5H3. The quantitative estimate of drug-likeness (QED) is 0.0657. The van der Waals surface area contributed by atoms with Gasteiger partial charge in [0.15, 0.2) is 0 Å². The molecule has 1 aromatic carbocycles. The lowest BCUT2D eigenvalue weighted by atomic mass is 9.97. The van der Waals surface area contributed by atoms with E-state index in [2.05, 4.69) is 53.0 Å². The van der Waals surface area contributed by atoms with Crippen molar-refractivity contribution in [3.8, 4) is 0 Å². The molecule has 45 heavy (non-hydrogen) atoms. The molecule has 1 atom stereocenters. The normalized spacial score (nSPS) is 12.5. The monoisotopic (exact) mass is 620 g/mol. The van der Waals surface area contributed by atoms with E-state index in [-0.39, 0.29) is 0 Å². The number of nitrogens with zero attached hydrogens (tertiary/aromatic N) is 1. The summed E-state index contributed by atoms with van der Waals surface area (Å²) in [4.78, 5) is 4.80. The van der Waals surface area contributed by atoms with Crippen LogP contribution >= 0.6 is 0 Å². The summed E-state index contributed by atoms with van der Waals surface area (Å²) in [7, 11) is 0. The lowest BCUT2D eigenvalue weighted by molar-refractivity contribution is 0.517. The van der Waals surface area contributed by atoms with Crippen molar-refractivity contribution in [1.82, 2.24) is 0 Å². The fourth-order valence-corrected chi connectivity index (χ4v) is 6.79. The van der Waals surface area contributed by atoms with E-state index in [1.54, 1.807) is 0 Å². The summed E-state index contributed by atoms with van der Waals surface area (Å²) < 4.78 is 5.62. The van der Waals surface area contributed by atoms with Crippen molar-refractivity contribution in [2.45, 2.75) is 208 Å². The highest BCUT2D eigenvalue weighted by molar-refractivity contribution is 5.68. The average Bonchev–Trinajstić information content (AvgIpc) is 3.52. The zero-order chi connectivity index (χ0) is 32.4. The van der Waals surface area contributed by atoms with Gasteiger partial charge in [-0.3, -0.25) is 4.99 Å². The topological polar surface area (TPSA) is 25.5 Å². The van der Waals surface area contributed by atoms with Gasteiger partial charge >= 0.3 is 0 Å². The van der Waals surface area contributed by atoms with Crippen LogP contribution in [0.4, 0.5) is 0 Å². The molecule has 2 heteroatoms.